The lowest BCUT2D eigenvalue weighted by Crippen LogP contribution is -2.41. The molecule has 2 aliphatic heterocycles. The van der Waals surface area contributed by atoms with Crippen LogP contribution >= 0.6 is 11.6 Å². The Bertz CT molecular complexity index is 1940. The van der Waals surface area contributed by atoms with E-state index < -0.39 is 18.3 Å². The van der Waals surface area contributed by atoms with Gasteiger partial charge in [-0.05, 0) is 103 Å². The molecule has 2 saturated heterocycles. The summed E-state index contributed by atoms with van der Waals surface area (Å²) in [5.74, 6) is 0.653. The number of anilines is 2. The molecule has 2 aromatic heterocycles. The summed E-state index contributed by atoms with van der Waals surface area (Å²) in [5, 5.41) is 4.55. The van der Waals surface area contributed by atoms with Gasteiger partial charge in [-0.1, -0.05) is 31.5 Å². The molecule has 2 fully saturated rings. The molecule has 4 heterocycles. The van der Waals surface area contributed by atoms with E-state index in [0.29, 0.717) is 49.7 Å². The summed E-state index contributed by atoms with van der Waals surface area (Å²) < 4.78 is 19.1. The van der Waals surface area contributed by atoms with Gasteiger partial charge in [-0.15, -0.1) is 0 Å². The van der Waals surface area contributed by atoms with Crippen LogP contribution in [0.3, 0.4) is 0 Å². The van der Waals surface area contributed by atoms with Gasteiger partial charge in [0.05, 0.1) is 39.6 Å². The monoisotopic (exact) mass is 669 g/mol. The predicted molar refractivity (Wildman–Crippen MR) is 195 cm³/mol. The number of aryl methyl sites for hydroxylation is 1. The van der Waals surface area contributed by atoms with Crippen molar-refractivity contribution in [3.8, 4) is 11.3 Å². The second-order valence-electron chi connectivity index (χ2n) is 15.2. The smallest absolute Gasteiger partial charge is 0.440 e. The molecule has 6 rings (SSSR count). The second kappa shape index (κ2) is 12.3. The van der Waals surface area contributed by atoms with Crippen LogP contribution in [-0.4, -0.2) is 42.7 Å². The summed E-state index contributed by atoms with van der Waals surface area (Å²) in [6.07, 6.45) is 4.55. The van der Waals surface area contributed by atoms with Gasteiger partial charge in [0, 0.05) is 46.5 Å². The molecule has 0 spiro atoms. The number of halogens is 1. The first-order chi connectivity index (χ1) is 22.5. The average Bonchev–Trinajstić information content (AvgIpc) is 3.24. The highest BCUT2D eigenvalue weighted by Gasteiger charge is 2.53. The SMILES string of the molecule is Cc1cc([C@@H](C)Nc2cccnc2-c2cc(Cl)c(B3OC(C)(C)C(C)(C)O3)c(C=O)c2)c2oc(N3CCC(C)(C)CC3)c(C)c(=O)c2c1. The number of nitrogens with zero attached hydrogens (tertiary/aromatic N) is 2. The molecule has 48 heavy (non-hydrogen) atoms. The Labute approximate surface area is 288 Å². The van der Waals surface area contributed by atoms with Gasteiger partial charge in [0.25, 0.3) is 0 Å². The lowest BCUT2D eigenvalue weighted by atomic mass is 9.75. The van der Waals surface area contributed by atoms with E-state index in [1.54, 1.807) is 18.3 Å². The van der Waals surface area contributed by atoms with E-state index in [1.807, 2.05) is 66.7 Å². The number of hydrogen-bond acceptors (Lipinski definition) is 8. The molecule has 252 valence electrons. The lowest BCUT2D eigenvalue weighted by Gasteiger charge is -2.37. The van der Waals surface area contributed by atoms with Crippen LogP contribution in [0.4, 0.5) is 11.6 Å². The summed E-state index contributed by atoms with van der Waals surface area (Å²) in [4.78, 5) is 33.1. The number of pyridine rings is 1. The number of aromatic nitrogens is 1. The van der Waals surface area contributed by atoms with Gasteiger partial charge in [-0.2, -0.15) is 0 Å². The average molecular weight is 670 g/mol. The summed E-state index contributed by atoms with van der Waals surface area (Å²) in [6.45, 7) is 20.0. The van der Waals surface area contributed by atoms with Crippen LogP contribution in [0.15, 0.2) is 51.8 Å². The van der Waals surface area contributed by atoms with Crippen molar-refractivity contribution in [1.29, 1.82) is 0 Å². The van der Waals surface area contributed by atoms with Gasteiger partial charge in [0.1, 0.15) is 11.9 Å². The van der Waals surface area contributed by atoms with Crippen LogP contribution < -0.4 is 21.1 Å². The number of piperidine rings is 1. The molecule has 2 aromatic carbocycles. The Morgan fingerprint density at radius 3 is 2.33 bits per heavy atom. The fraction of sp³-hybridized carbons (Fsp3) is 0.447. The zero-order valence-corrected chi connectivity index (χ0v) is 30.2. The summed E-state index contributed by atoms with van der Waals surface area (Å²) in [7, 11) is -0.785. The first-order valence-corrected chi connectivity index (χ1v) is 17.1. The number of hydrogen-bond donors (Lipinski definition) is 1. The minimum Gasteiger partial charge on any atom is -0.440 e. The van der Waals surface area contributed by atoms with E-state index >= 15 is 0 Å². The van der Waals surface area contributed by atoms with Crippen LogP contribution in [0.5, 0.6) is 0 Å². The number of rotatable bonds is 7. The molecule has 8 nitrogen and oxygen atoms in total. The first-order valence-electron chi connectivity index (χ1n) is 16.7. The number of carbonyl (C=O) groups is 1. The second-order valence-corrected chi connectivity index (χ2v) is 15.6. The number of fused-ring (bicyclic) bond motifs is 1. The van der Waals surface area contributed by atoms with E-state index in [2.05, 4.69) is 30.1 Å². The maximum Gasteiger partial charge on any atom is 0.497 e. The topological polar surface area (TPSA) is 93.9 Å². The van der Waals surface area contributed by atoms with Crippen LogP contribution in [0.2, 0.25) is 5.02 Å². The predicted octanol–water partition coefficient (Wildman–Crippen LogP) is 8.04. The molecule has 0 aliphatic carbocycles. The maximum atomic E-state index is 13.8. The highest BCUT2D eigenvalue weighted by molar-refractivity contribution is 6.67. The Morgan fingerprint density at radius 1 is 1.02 bits per heavy atom. The minimum absolute atomic E-state index is 0.00609. The summed E-state index contributed by atoms with van der Waals surface area (Å²) >= 11 is 6.88. The van der Waals surface area contributed by atoms with Gasteiger partial charge >= 0.3 is 7.12 Å². The summed E-state index contributed by atoms with van der Waals surface area (Å²) in [6, 6.07) is 11.1. The third-order valence-corrected chi connectivity index (χ3v) is 10.8. The van der Waals surface area contributed by atoms with Crippen molar-refractivity contribution >= 4 is 53.0 Å². The quantitative estimate of drug-likeness (QED) is 0.156. The Balaban J connectivity index is 1.37. The van der Waals surface area contributed by atoms with Crippen LogP contribution in [-0.2, 0) is 9.31 Å². The highest BCUT2D eigenvalue weighted by atomic mass is 35.5. The molecule has 2 aliphatic rings. The van der Waals surface area contributed by atoms with Gasteiger partial charge in [-0.3, -0.25) is 14.6 Å². The zero-order chi connectivity index (χ0) is 34.8. The van der Waals surface area contributed by atoms with Gasteiger partial charge in [0.2, 0.25) is 5.88 Å². The number of nitrogens with one attached hydrogen (secondary N) is 1. The first kappa shape index (κ1) is 34.2. The van der Waals surface area contributed by atoms with Crippen molar-refractivity contribution < 1.29 is 18.5 Å². The number of benzene rings is 2. The van der Waals surface area contributed by atoms with Crippen molar-refractivity contribution in [3.63, 3.8) is 0 Å². The molecule has 10 heteroatoms. The van der Waals surface area contributed by atoms with E-state index in [0.717, 1.165) is 49.0 Å². The van der Waals surface area contributed by atoms with Crippen molar-refractivity contribution in [2.45, 2.75) is 92.4 Å². The molecule has 0 saturated carbocycles. The molecule has 0 bridgehead atoms. The molecule has 0 radical (unpaired) electrons. The minimum atomic E-state index is -0.785. The van der Waals surface area contributed by atoms with Crippen molar-refractivity contribution in [1.82, 2.24) is 4.98 Å². The molecule has 0 unspecified atom stereocenters. The van der Waals surface area contributed by atoms with E-state index in [-0.39, 0.29) is 16.9 Å². The number of carbonyl (C=O) groups excluding carboxylic acids is 1. The molecule has 4 aromatic rings. The third-order valence-electron chi connectivity index (χ3n) is 10.5. The standard InChI is InChI=1S/C38H45BClN3O5/c1-22-17-27(34-28(18-22)33(45)23(2)35(46-34)43-15-12-36(4,5)13-16-43)24(3)42-30-11-10-14-41-32(30)25-19-26(21-44)31(29(40)20-25)39-47-37(6,7)38(8,9)48-39/h10-11,14,17-21,24,42H,12-13,15-16H2,1-9H3/t24-/m1/s1. The largest absolute Gasteiger partial charge is 0.497 e. The van der Waals surface area contributed by atoms with E-state index in [9.17, 15) is 9.59 Å². The fourth-order valence-electron chi connectivity index (χ4n) is 6.64. The maximum absolute atomic E-state index is 13.8. The molecular formula is C38H45BClN3O5. The van der Waals surface area contributed by atoms with E-state index in [4.69, 9.17) is 30.3 Å². The van der Waals surface area contributed by atoms with Crippen LogP contribution in [0, 0.1) is 19.3 Å². The van der Waals surface area contributed by atoms with Crippen molar-refractivity contribution in [2.24, 2.45) is 5.41 Å². The Hall–Kier alpha value is -3.66. The van der Waals surface area contributed by atoms with Gasteiger partial charge < -0.3 is 23.9 Å². The van der Waals surface area contributed by atoms with Gasteiger partial charge in [-0.25, -0.2) is 0 Å². The fourth-order valence-corrected chi connectivity index (χ4v) is 6.96. The van der Waals surface area contributed by atoms with Crippen LogP contribution in [0.25, 0.3) is 22.2 Å². The molecule has 0 amide bonds. The highest BCUT2D eigenvalue weighted by Crippen LogP contribution is 2.39. The normalized spacial score (nSPS) is 19.0. The molecule has 1 atom stereocenters. The number of aldehydes is 1. The zero-order valence-electron chi connectivity index (χ0n) is 29.4. The molecular weight excluding hydrogens is 625 g/mol. The van der Waals surface area contributed by atoms with Crippen molar-refractivity contribution in [2.75, 3.05) is 23.3 Å². The Morgan fingerprint density at radius 2 is 1.69 bits per heavy atom. The van der Waals surface area contributed by atoms with Crippen LogP contribution in [0.1, 0.15) is 94.4 Å². The third kappa shape index (κ3) is 6.17. The lowest BCUT2D eigenvalue weighted by molar-refractivity contribution is 0.00578. The van der Waals surface area contributed by atoms with Crippen molar-refractivity contribution in [3.05, 3.63) is 80.1 Å². The summed E-state index contributed by atoms with van der Waals surface area (Å²) in [5.41, 5.74) is 5.06. The van der Waals surface area contributed by atoms with E-state index in [1.165, 1.54) is 0 Å². The molecule has 1 N–H and O–H groups in total. The van der Waals surface area contributed by atoms with Gasteiger partial charge in [0.15, 0.2) is 5.43 Å². The Kier molecular flexibility index (Phi) is 8.80.